The van der Waals surface area contributed by atoms with E-state index in [0.29, 0.717) is 38.3 Å². The van der Waals surface area contributed by atoms with Gasteiger partial charge in [-0.05, 0) is 114 Å². The number of likely N-dealkylation sites (tertiary alicyclic amines) is 2. The molecule has 0 radical (unpaired) electrons. The zero-order valence-corrected chi connectivity index (χ0v) is 42.6. The van der Waals surface area contributed by atoms with E-state index < -0.39 is 0 Å². The van der Waals surface area contributed by atoms with Crippen molar-refractivity contribution < 1.29 is 19.1 Å². The van der Waals surface area contributed by atoms with Crippen molar-refractivity contribution in [3.63, 3.8) is 0 Å². The lowest BCUT2D eigenvalue weighted by Crippen LogP contribution is -2.43. The van der Waals surface area contributed by atoms with Crippen molar-refractivity contribution in [2.75, 3.05) is 53.6 Å². The Kier molecular flexibility index (Phi) is 17.1. The SMILES string of the molecule is COCCCc1nc2ccccc2n1[C@@H]1CCCN(C(=O)C[C@H](C)Cc2ccc3ccccc3c2)C1.COCCCc1nc2ccccc2n1[C@@H]1CCCN(C(=O)C[C@H](N)Cc2ccc3ccccc3c2)C1. The van der Waals surface area contributed by atoms with Crippen LogP contribution in [-0.4, -0.2) is 100 Å². The van der Waals surface area contributed by atoms with Gasteiger partial charge in [0.1, 0.15) is 11.6 Å². The van der Waals surface area contributed by atoms with E-state index in [1.807, 2.05) is 23.1 Å². The largest absolute Gasteiger partial charge is 0.385 e. The van der Waals surface area contributed by atoms with Gasteiger partial charge in [-0.3, -0.25) is 9.59 Å². The van der Waals surface area contributed by atoms with Crippen molar-refractivity contribution in [2.45, 2.75) is 102 Å². The van der Waals surface area contributed by atoms with Crippen molar-refractivity contribution in [1.82, 2.24) is 28.9 Å². The number of ether oxygens (including phenoxy) is 2. The third-order valence-corrected chi connectivity index (χ3v) is 14.7. The van der Waals surface area contributed by atoms with Gasteiger partial charge in [0.15, 0.2) is 0 Å². The summed E-state index contributed by atoms with van der Waals surface area (Å²) >= 11 is 0. The molecule has 10 rings (SSSR count). The van der Waals surface area contributed by atoms with Crippen molar-refractivity contribution in [2.24, 2.45) is 11.7 Å². The van der Waals surface area contributed by atoms with Gasteiger partial charge < -0.3 is 34.1 Å². The van der Waals surface area contributed by atoms with Gasteiger partial charge >= 0.3 is 0 Å². The molecule has 2 aromatic heterocycles. The van der Waals surface area contributed by atoms with Crippen molar-refractivity contribution in [3.05, 3.63) is 156 Å². The number of methoxy groups -OCH3 is 2. The molecule has 8 aromatic rings. The Balaban J connectivity index is 0.000000178. The maximum atomic E-state index is 13.4. The highest BCUT2D eigenvalue weighted by atomic mass is 16.5. The summed E-state index contributed by atoms with van der Waals surface area (Å²) in [7, 11) is 3.48. The van der Waals surface area contributed by atoms with Crippen LogP contribution in [0.1, 0.15) is 93.1 Å². The molecule has 2 fully saturated rings. The third kappa shape index (κ3) is 12.4. The molecule has 0 unspecified atom stereocenters. The Labute approximate surface area is 425 Å². The summed E-state index contributed by atoms with van der Waals surface area (Å²) in [6.07, 6.45) is 10.3. The summed E-state index contributed by atoms with van der Waals surface area (Å²) in [6.45, 7) is 6.76. The molecule has 2 saturated heterocycles. The number of nitrogens with zero attached hydrogens (tertiary/aromatic N) is 6. The van der Waals surface area contributed by atoms with Crippen LogP contribution in [0.25, 0.3) is 43.6 Å². The second-order valence-electron chi connectivity index (χ2n) is 20.3. The number of carbonyl (C=O) groups is 2. The summed E-state index contributed by atoms with van der Waals surface area (Å²) in [5.41, 5.74) is 13.3. The molecular weight excluding hydrogens is 895 g/mol. The highest BCUT2D eigenvalue weighted by Crippen LogP contribution is 2.32. The Morgan fingerprint density at radius 2 is 1.03 bits per heavy atom. The molecule has 376 valence electrons. The predicted octanol–water partition coefficient (Wildman–Crippen LogP) is 11.1. The number of fused-ring (bicyclic) bond motifs is 4. The van der Waals surface area contributed by atoms with E-state index in [1.165, 1.54) is 38.2 Å². The minimum Gasteiger partial charge on any atom is -0.385 e. The topological polar surface area (TPSA) is 121 Å². The average Bonchev–Trinajstić information content (AvgIpc) is 3.97. The number of piperidine rings is 2. The molecule has 2 aliphatic heterocycles. The number of hydrogen-bond donors (Lipinski definition) is 1. The highest BCUT2D eigenvalue weighted by Gasteiger charge is 2.30. The number of rotatable bonds is 18. The normalized spacial score (nSPS) is 17.1. The molecule has 2 N–H and O–H groups in total. The fourth-order valence-corrected chi connectivity index (χ4v) is 11.3. The number of hydrogen-bond acceptors (Lipinski definition) is 7. The van der Waals surface area contributed by atoms with Crippen LogP contribution < -0.4 is 5.73 Å². The molecule has 0 spiro atoms. The molecule has 2 aliphatic rings. The minimum atomic E-state index is -0.197. The molecule has 11 heteroatoms. The van der Waals surface area contributed by atoms with Crippen LogP contribution in [-0.2, 0) is 44.7 Å². The maximum Gasteiger partial charge on any atom is 0.224 e. The van der Waals surface area contributed by atoms with Crippen molar-refractivity contribution in [1.29, 1.82) is 0 Å². The van der Waals surface area contributed by atoms with E-state index in [1.54, 1.807) is 14.2 Å². The second-order valence-corrected chi connectivity index (χ2v) is 20.3. The van der Waals surface area contributed by atoms with Gasteiger partial charge in [0, 0.05) is 85.3 Å². The van der Waals surface area contributed by atoms with Gasteiger partial charge in [0.05, 0.1) is 34.2 Å². The Bertz CT molecular complexity index is 2860. The Hall–Kier alpha value is -6.40. The first-order valence-electron chi connectivity index (χ1n) is 26.4. The first kappa shape index (κ1) is 50.5. The molecular formula is C61H73N7O4. The molecule has 2 amide bonds. The summed E-state index contributed by atoms with van der Waals surface area (Å²) in [5.74, 6) is 2.92. The summed E-state index contributed by atoms with van der Waals surface area (Å²) in [5, 5.41) is 4.96. The van der Waals surface area contributed by atoms with Crippen molar-refractivity contribution in [3.8, 4) is 0 Å². The van der Waals surface area contributed by atoms with Crippen LogP contribution in [0.15, 0.2) is 133 Å². The number of aromatic nitrogens is 4. The van der Waals surface area contributed by atoms with Crippen LogP contribution >= 0.6 is 0 Å². The van der Waals surface area contributed by atoms with Gasteiger partial charge in [-0.1, -0.05) is 116 Å². The zero-order valence-electron chi connectivity index (χ0n) is 42.6. The number of aryl methyl sites for hydroxylation is 2. The number of benzene rings is 6. The first-order valence-corrected chi connectivity index (χ1v) is 26.4. The molecule has 0 bridgehead atoms. The number of carbonyl (C=O) groups excluding carboxylic acids is 2. The number of para-hydroxylation sites is 4. The molecule has 11 nitrogen and oxygen atoms in total. The number of amides is 2. The monoisotopic (exact) mass is 968 g/mol. The van der Waals surface area contributed by atoms with Crippen LogP contribution in [0.5, 0.6) is 0 Å². The zero-order chi connectivity index (χ0) is 49.8. The van der Waals surface area contributed by atoms with Gasteiger partial charge in [0.2, 0.25) is 11.8 Å². The number of nitrogens with two attached hydrogens (primary N) is 1. The van der Waals surface area contributed by atoms with Gasteiger partial charge in [-0.25, -0.2) is 9.97 Å². The lowest BCUT2D eigenvalue weighted by atomic mass is 9.95. The van der Waals surface area contributed by atoms with Gasteiger partial charge in [-0.2, -0.15) is 0 Å². The van der Waals surface area contributed by atoms with Crippen molar-refractivity contribution >= 4 is 55.4 Å². The van der Waals surface area contributed by atoms with Crippen LogP contribution in [0.3, 0.4) is 0 Å². The van der Waals surface area contributed by atoms with Gasteiger partial charge in [0.25, 0.3) is 0 Å². The maximum absolute atomic E-state index is 13.4. The minimum absolute atomic E-state index is 0.151. The lowest BCUT2D eigenvalue weighted by Gasteiger charge is -2.35. The predicted molar refractivity (Wildman–Crippen MR) is 291 cm³/mol. The van der Waals surface area contributed by atoms with E-state index in [0.717, 1.165) is 112 Å². The van der Waals surface area contributed by atoms with E-state index in [2.05, 4.69) is 136 Å². The smallest absolute Gasteiger partial charge is 0.224 e. The lowest BCUT2D eigenvalue weighted by molar-refractivity contribution is -0.134. The summed E-state index contributed by atoms with van der Waals surface area (Å²) < 4.78 is 15.3. The fraction of sp³-hybridized carbons (Fsp3) is 0.410. The molecule has 72 heavy (non-hydrogen) atoms. The average molecular weight is 968 g/mol. The summed E-state index contributed by atoms with van der Waals surface area (Å²) in [4.78, 5) is 40.7. The molecule has 0 aliphatic carbocycles. The highest BCUT2D eigenvalue weighted by molar-refractivity contribution is 5.84. The van der Waals surface area contributed by atoms with E-state index in [9.17, 15) is 9.59 Å². The van der Waals surface area contributed by atoms with Gasteiger partial charge in [-0.15, -0.1) is 0 Å². The third-order valence-electron chi connectivity index (χ3n) is 14.7. The number of imidazole rings is 2. The first-order chi connectivity index (χ1) is 35.2. The Morgan fingerprint density at radius 1 is 0.583 bits per heavy atom. The second kappa shape index (κ2) is 24.3. The molecule has 4 heterocycles. The molecule has 6 aromatic carbocycles. The molecule has 0 saturated carbocycles. The van der Waals surface area contributed by atoms with Crippen LogP contribution in [0, 0.1) is 5.92 Å². The molecule has 4 atom stereocenters. The van der Waals surface area contributed by atoms with E-state index in [4.69, 9.17) is 25.2 Å². The van der Waals surface area contributed by atoms with Crippen LogP contribution in [0.2, 0.25) is 0 Å². The standard InChI is InChI=1S/C31H37N3O2.C30H36N4O2/c1-23(19-24-15-16-25-9-3-4-10-26(25)21-24)20-31(35)33-17-7-11-27(22-33)34-29-13-6-5-12-28(29)32-30(34)14-8-18-36-2;1-36-17-7-13-29-32-27-11-4-5-12-28(27)34(29)26-10-6-16-33(21-26)30(35)20-25(31)19-22-14-15-23-8-2-3-9-24(23)18-22/h3-6,9-10,12-13,15-16,21,23,27H,7-8,11,14,17-20,22H2,1-2H3;2-5,8-9,11-12,14-15,18,25-26H,6-7,10,13,16-17,19-21,31H2,1H3/t23-,27-;25-,26-/m11/s1. The summed E-state index contributed by atoms with van der Waals surface area (Å²) in [6, 6.07) is 46.9. The van der Waals surface area contributed by atoms with E-state index >= 15 is 0 Å². The van der Waals surface area contributed by atoms with Crippen LogP contribution in [0.4, 0.5) is 0 Å². The Morgan fingerprint density at radius 3 is 1.53 bits per heavy atom. The quantitative estimate of drug-likeness (QED) is 0.0850. The van der Waals surface area contributed by atoms with E-state index in [-0.39, 0.29) is 29.9 Å². The fourth-order valence-electron chi connectivity index (χ4n) is 11.3.